The van der Waals surface area contributed by atoms with Crippen LogP contribution in [-0.4, -0.2) is 41.1 Å². The number of non-ortho nitro benzene ring substituents is 1. The van der Waals surface area contributed by atoms with Gasteiger partial charge in [0.25, 0.3) is 11.6 Å². The van der Waals surface area contributed by atoms with Crippen molar-refractivity contribution in [2.24, 2.45) is 0 Å². The molecular formula is C26H31N5O6S. The van der Waals surface area contributed by atoms with Gasteiger partial charge in [0.05, 0.1) is 10.6 Å². The summed E-state index contributed by atoms with van der Waals surface area (Å²) < 4.78 is 36.6. The number of nitro groups is 1. The molecule has 0 unspecified atom stereocenters. The van der Waals surface area contributed by atoms with Crippen molar-refractivity contribution in [1.29, 1.82) is 0 Å². The Labute approximate surface area is 221 Å². The third-order valence-electron chi connectivity index (χ3n) is 6.61. The Morgan fingerprint density at radius 2 is 1.92 bits per heavy atom. The molecule has 0 saturated heterocycles. The SMILES string of the molecule is CC[C@H](C)NC(=O)c1nn(-c2cccc(C)c2C)c(Oc2ccc([N+](=O)[O-])cc2S(=O)(=O)NC2CC2)c1C. The highest BCUT2D eigenvalue weighted by Gasteiger charge is 2.32. The van der Waals surface area contributed by atoms with Gasteiger partial charge in [-0.2, -0.15) is 9.78 Å². The first-order valence-electron chi connectivity index (χ1n) is 12.4. The average Bonchev–Trinajstić information content (AvgIpc) is 3.62. The summed E-state index contributed by atoms with van der Waals surface area (Å²) in [6, 6.07) is 8.70. The Kier molecular flexibility index (Phi) is 7.56. The number of carbonyl (C=O) groups is 1. The van der Waals surface area contributed by atoms with E-state index in [2.05, 4.69) is 15.1 Å². The second kappa shape index (κ2) is 10.5. The predicted octanol–water partition coefficient (Wildman–Crippen LogP) is 4.47. The molecule has 4 rings (SSSR count). The lowest BCUT2D eigenvalue weighted by Gasteiger charge is -2.15. The number of rotatable bonds is 10. The summed E-state index contributed by atoms with van der Waals surface area (Å²) in [5.41, 5.74) is 2.65. The summed E-state index contributed by atoms with van der Waals surface area (Å²) in [7, 11) is -4.13. The smallest absolute Gasteiger partial charge is 0.272 e. The van der Waals surface area contributed by atoms with Crippen molar-refractivity contribution in [2.45, 2.75) is 70.9 Å². The molecule has 3 aromatic rings. The number of sulfonamides is 1. The highest BCUT2D eigenvalue weighted by Crippen LogP contribution is 2.37. The van der Waals surface area contributed by atoms with E-state index in [0.717, 1.165) is 23.6 Å². The predicted molar refractivity (Wildman–Crippen MR) is 142 cm³/mol. The molecule has 12 heteroatoms. The summed E-state index contributed by atoms with van der Waals surface area (Å²) >= 11 is 0. The summed E-state index contributed by atoms with van der Waals surface area (Å²) in [6.07, 6.45) is 2.11. The van der Waals surface area contributed by atoms with Crippen LogP contribution in [0.15, 0.2) is 41.3 Å². The van der Waals surface area contributed by atoms with Gasteiger partial charge in [-0.1, -0.05) is 19.1 Å². The zero-order valence-electron chi connectivity index (χ0n) is 21.9. The third kappa shape index (κ3) is 5.55. The van der Waals surface area contributed by atoms with E-state index in [1.807, 2.05) is 45.9 Å². The Bertz CT molecular complexity index is 1510. The zero-order valence-corrected chi connectivity index (χ0v) is 22.8. The largest absolute Gasteiger partial charge is 0.437 e. The van der Waals surface area contributed by atoms with Gasteiger partial charge in [-0.05, 0) is 70.2 Å². The molecule has 1 atom stereocenters. The number of ether oxygens (including phenoxy) is 1. The summed E-state index contributed by atoms with van der Waals surface area (Å²) in [5.74, 6) is -0.380. The number of nitrogens with zero attached hydrogens (tertiary/aromatic N) is 3. The lowest BCUT2D eigenvalue weighted by atomic mass is 10.1. The van der Waals surface area contributed by atoms with Crippen LogP contribution in [0.5, 0.6) is 11.6 Å². The normalized spacial score (nSPS) is 14.2. The van der Waals surface area contributed by atoms with Crippen molar-refractivity contribution >= 4 is 21.6 Å². The van der Waals surface area contributed by atoms with Gasteiger partial charge in [-0.25, -0.2) is 13.1 Å². The maximum Gasteiger partial charge on any atom is 0.272 e. The zero-order chi connectivity index (χ0) is 27.8. The molecule has 11 nitrogen and oxygen atoms in total. The Morgan fingerprint density at radius 1 is 1.21 bits per heavy atom. The van der Waals surface area contributed by atoms with E-state index < -0.39 is 20.9 Å². The van der Waals surface area contributed by atoms with E-state index >= 15 is 0 Å². The molecule has 1 amide bonds. The molecule has 0 spiro atoms. The number of nitrogens with one attached hydrogen (secondary N) is 2. The van der Waals surface area contributed by atoms with Crippen molar-refractivity contribution in [3.63, 3.8) is 0 Å². The maximum absolute atomic E-state index is 13.2. The molecule has 38 heavy (non-hydrogen) atoms. The van der Waals surface area contributed by atoms with Gasteiger partial charge in [-0.3, -0.25) is 14.9 Å². The molecule has 2 aromatic carbocycles. The van der Waals surface area contributed by atoms with E-state index in [1.54, 1.807) is 6.92 Å². The first-order valence-corrected chi connectivity index (χ1v) is 13.9. The number of carbonyl (C=O) groups excluding carboxylic acids is 1. The fraction of sp³-hybridized carbons (Fsp3) is 0.385. The minimum atomic E-state index is -4.13. The van der Waals surface area contributed by atoms with Gasteiger partial charge in [0.2, 0.25) is 15.9 Å². The number of hydrogen-bond donors (Lipinski definition) is 2. The number of amides is 1. The lowest BCUT2D eigenvalue weighted by Crippen LogP contribution is -2.32. The third-order valence-corrected chi connectivity index (χ3v) is 8.15. The standard InChI is InChI=1S/C26H31N5O6S/c1-6-16(3)27-25(32)24-18(5)26(30(28-24)21-9-7-8-15(2)17(21)4)37-22-13-12-20(31(33)34)14-23(22)38(35,36)29-19-10-11-19/h7-9,12-14,16,19,29H,6,10-11H2,1-5H3,(H,27,32)/t16-/m0/s1. The molecule has 2 N–H and O–H groups in total. The minimum Gasteiger partial charge on any atom is -0.437 e. The van der Waals surface area contributed by atoms with Gasteiger partial charge in [0.1, 0.15) is 10.6 Å². The van der Waals surface area contributed by atoms with Crippen molar-refractivity contribution in [3.05, 3.63) is 68.9 Å². The van der Waals surface area contributed by atoms with Gasteiger partial charge < -0.3 is 10.1 Å². The second-order valence-corrected chi connectivity index (χ2v) is 11.3. The summed E-state index contributed by atoms with van der Waals surface area (Å²) in [4.78, 5) is 23.5. The Morgan fingerprint density at radius 3 is 2.55 bits per heavy atom. The second-order valence-electron chi connectivity index (χ2n) is 9.58. The quantitative estimate of drug-likeness (QED) is 0.284. The molecule has 202 valence electrons. The van der Waals surface area contributed by atoms with E-state index in [0.29, 0.717) is 24.1 Å². The van der Waals surface area contributed by atoms with E-state index in [9.17, 15) is 23.3 Å². The summed E-state index contributed by atoms with van der Waals surface area (Å²) in [6.45, 7) is 9.35. The number of aromatic nitrogens is 2. The van der Waals surface area contributed by atoms with Crippen LogP contribution >= 0.6 is 0 Å². The fourth-order valence-corrected chi connectivity index (χ4v) is 5.28. The van der Waals surface area contributed by atoms with Gasteiger partial charge in [0.15, 0.2) is 5.69 Å². The Hall–Kier alpha value is -3.77. The number of benzene rings is 2. The van der Waals surface area contributed by atoms with Crippen LogP contribution in [0.3, 0.4) is 0 Å². The first kappa shape index (κ1) is 27.3. The summed E-state index contributed by atoms with van der Waals surface area (Å²) in [5, 5.41) is 18.9. The van der Waals surface area contributed by atoms with Gasteiger partial charge >= 0.3 is 0 Å². The van der Waals surface area contributed by atoms with Crippen molar-refractivity contribution in [3.8, 4) is 17.3 Å². The van der Waals surface area contributed by atoms with Crippen LogP contribution in [0.1, 0.15) is 60.3 Å². The highest BCUT2D eigenvalue weighted by molar-refractivity contribution is 7.89. The van der Waals surface area contributed by atoms with Crippen LogP contribution in [0.2, 0.25) is 0 Å². The monoisotopic (exact) mass is 541 g/mol. The van der Waals surface area contributed by atoms with Crippen LogP contribution < -0.4 is 14.8 Å². The molecule has 1 aliphatic carbocycles. The molecule has 1 fully saturated rings. The molecule has 1 aromatic heterocycles. The number of nitro benzene ring substituents is 1. The molecule has 0 radical (unpaired) electrons. The maximum atomic E-state index is 13.2. The van der Waals surface area contributed by atoms with E-state index in [-0.39, 0.29) is 40.0 Å². The molecular weight excluding hydrogens is 510 g/mol. The van der Waals surface area contributed by atoms with E-state index in [1.165, 1.54) is 16.8 Å². The molecule has 0 bridgehead atoms. The highest BCUT2D eigenvalue weighted by atomic mass is 32.2. The topological polar surface area (TPSA) is 145 Å². The number of hydrogen-bond acceptors (Lipinski definition) is 7. The van der Waals surface area contributed by atoms with Crippen LogP contribution in [0, 0.1) is 30.9 Å². The van der Waals surface area contributed by atoms with E-state index in [4.69, 9.17) is 4.74 Å². The molecule has 1 saturated carbocycles. The lowest BCUT2D eigenvalue weighted by molar-refractivity contribution is -0.385. The average molecular weight is 542 g/mol. The van der Waals surface area contributed by atoms with Crippen molar-refractivity contribution in [2.75, 3.05) is 0 Å². The Balaban J connectivity index is 1.88. The van der Waals surface area contributed by atoms with Crippen molar-refractivity contribution < 1.29 is 22.9 Å². The molecule has 1 heterocycles. The fourth-order valence-electron chi connectivity index (χ4n) is 3.83. The van der Waals surface area contributed by atoms with Crippen molar-refractivity contribution in [1.82, 2.24) is 19.8 Å². The first-order chi connectivity index (χ1) is 17.9. The van der Waals surface area contributed by atoms with Crippen LogP contribution in [0.4, 0.5) is 5.69 Å². The van der Waals surface area contributed by atoms with Crippen LogP contribution in [-0.2, 0) is 10.0 Å². The molecule has 0 aliphatic heterocycles. The van der Waals surface area contributed by atoms with Gasteiger partial charge in [0, 0.05) is 29.8 Å². The minimum absolute atomic E-state index is 0.0861. The number of aryl methyl sites for hydroxylation is 1. The molecule has 1 aliphatic rings. The van der Waals surface area contributed by atoms with Gasteiger partial charge in [-0.15, -0.1) is 0 Å². The van der Waals surface area contributed by atoms with Crippen LogP contribution in [0.25, 0.3) is 5.69 Å².